The van der Waals surface area contributed by atoms with E-state index < -0.39 is 10.0 Å². The summed E-state index contributed by atoms with van der Waals surface area (Å²) < 4.78 is 24.2. The fourth-order valence-electron chi connectivity index (χ4n) is 0.471. The highest BCUT2D eigenvalue weighted by Crippen LogP contribution is 2.21. The second-order valence-electron chi connectivity index (χ2n) is 1.88. The highest BCUT2D eigenvalue weighted by atomic mass is 32.2. The summed E-state index contributed by atoms with van der Waals surface area (Å²) in [4.78, 5) is 3.75. The minimum Gasteiger partial charge on any atom is -0.259 e. The standard InChI is InChI=1S/C4H6N2O2S3/c1-11(7,8)6-4-5-2-3(9)10-4/h2,9H,1H3,(H,5,6). The molecule has 0 bridgehead atoms. The second kappa shape index (κ2) is 3.00. The third-order valence-electron chi connectivity index (χ3n) is 0.766. The molecule has 0 radical (unpaired) electrons. The van der Waals surface area contributed by atoms with Gasteiger partial charge in [0.15, 0.2) is 5.13 Å². The maximum atomic E-state index is 10.6. The molecule has 0 fully saturated rings. The van der Waals surface area contributed by atoms with Crippen molar-refractivity contribution in [3.8, 4) is 0 Å². The number of rotatable bonds is 2. The molecule has 1 rings (SSSR count). The SMILES string of the molecule is CS(=O)(=O)Nc1ncc(S)s1. The maximum absolute atomic E-state index is 10.6. The van der Waals surface area contributed by atoms with Crippen LogP contribution in [0.4, 0.5) is 5.13 Å². The summed E-state index contributed by atoms with van der Waals surface area (Å²) in [5.41, 5.74) is 0. The number of aromatic nitrogens is 1. The van der Waals surface area contributed by atoms with Crippen LogP contribution in [0.5, 0.6) is 0 Å². The zero-order valence-electron chi connectivity index (χ0n) is 5.60. The molecule has 0 aliphatic carbocycles. The van der Waals surface area contributed by atoms with Gasteiger partial charge in [-0.25, -0.2) is 13.4 Å². The first-order chi connectivity index (χ1) is 4.97. The molecule has 0 saturated heterocycles. The molecule has 0 unspecified atom stereocenters. The lowest BCUT2D eigenvalue weighted by molar-refractivity contribution is 0.607. The van der Waals surface area contributed by atoms with Crippen molar-refractivity contribution in [2.24, 2.45) is 0 Å². The molecular weight excluding hydrogens is 204 g/mol. The van der Waals surface area contributed by atoms with Crippen LogP contribution in [-0.4, -0.2) is 19.7 Å². The summed E-state index contributed by atoms with van der Waals surface area (Å²) in [5.74, 6) is 0. The number of thiazole rings is 1. The molecule has 0 amide bonds. The van der Waals surface area contributed by atoms with E-state index in [0.29, 0.717) is 9.34 Å². The number of thiol groups is 1. The summed E-state index contributed by atoms with van der Waals surface area (Å²) in [6.07, 6.45) is 2.56. The van der Waals surface area contributed by atoms with E-state index in [1.165, 1.54) is 17.5 Å². The van der Waals surface area contributed by atoms with Crippen LogP contribution >= 0.6 is 24.0 Å². The molecule has 1 aromatic heterocycles. The number of hydrogen-bond donors (Lipinski definition) is 2. The van der Waals surface area contributed by atoms with Crippen molar-refractivity contribution in [3.05, 3.63) is 6.20 Å². The molecule has 0 saturated carbocycles. The Labute approximate surface area is 74.1 Å². The Bertz CT molecular complexity index is 342. The Kier molecular flexibility index (Phi) is 2.40. The van der Waals surface area contributed by atoms with Gasteiger partial charge in [0.2, 0.25) is 10.0 Å². The van der Waals surface area contributed by atoms with Crippen LogP contribution in [0.3, 0.4) is 0 Å². The van der Waals surface area contributed by atoms with E-state index in [9.17, 15) is 8.42 Å². The van der Waals surface area contributed by atoms with Crippen molar-refractivity contribution in [2.75, 3.05) is 11.0 Å². The Morgan fingerprint density at radius 2 is 2.36 bits per heavy atom. The maximum Gasteiger partial charge on any atom is 0.231 e. The number of nitrogens with zero attached hydrogens (tertiary/aromatic N) is 1. The fourth-order valence-corrected chi connectivity index (χ4v) is 2.19. The second-order valence-corrected chi connectivity index (χ2v) is 5.44. The lowest BCUT2D eigenvalue weighted by Gasteiger charge is -1.95. The lowest BCUT2D eigenvalue weighted by atomic mass is 11.0. The molecule has 7 heteroatoms. The van der Waals surface area contributed by atoms with Gasteiger partial charge in [-0.1, -0.05) is 11.3 Å². The van der Waals surface area contributed by atoms with Gasteiger partial charge >= 0.3 is 0 Å². The molecule has 1 N–H and O–H groups in total. The number of sulfonamides is 1. The van der Waals surface area contributed by atoms with Crippen LogP contribution in [0.1, 0.15) is 0 Å². The van der Waals surface area contributed by atoms with Crippen molar-refractivity contribution >= 4 is 39.1 Å². The fraction of sp³-hybridized carbons (Fsp3) is 0.250. The van der Waals surface area contributed by atoms with Crippen LogP contribution in [-0.2, 0) is 10.0 Å². The average molecular weight is 210 g/mol. The Morgan fingerprint density at radius 1 is 1.73 bits per heavy atom. The molecular formula is C4H6N2O2S3. The number of nitrogens with one attached hydrogen (secondary N) is 1. The van der Waals surface area contributed by atoms with Gasteiger partial charge in [0.25, 0.3) is 0 Å². The molecule has 0 spiro atoms. The molecule has 11 heavy (non-hydrogen) atoms. The molecule has 62 valence electrons. The monoisotopic (exact) mass is 210 g/mol. The van der Waals surface area contributed by atoms with Crippen molar-refractivity contribution in [2.45, 2.75) is 4.21 Å². The van der Waals surface area contributed by atoms with Gasteiger partial charge in [0.05, 0.1) is 16.7 Å². The van der Waals surface area contributed by atoms with E-state index in [1.807, 2.05) is 0 Å². The first-order valence-corrected chi connectivity index (χ1v) is 5.75. The van der Waals surface area contributed by atoms with Gasteiger partial charge in [-0.15, -0.1) is 12.6 Å². The van der Waals surface area contributed by atoms with Crippen molar-refractivity contribution in [1.82, 2.24) is 4.98 Å². The van der Waals surface area contributed by atoms with Crippen LogP contribution < -0.4 is 4.72 Å². The van der Waals surface area contributed by atoms with Gasteiger partial charge in [0.1, 0.15) is 0 Å². The number of hydrogen-bond acceptors (Lipinski definition) is 5. The highest BCUT2D eigenvalue weighted by molar-refractivity contribution is 7.92. The zero-order chi connectivity index (χ0) is 8.48. The molecule has 1 heterocycles. The quantitative estimate of drug-likeness (QED) is 0.710. The summed E-state index contributed by atoms with van der Waals surface area (Å²) >= 11 is 5.15. The topological polar surface area (TPSA) is 59.1 Å². The summed E-state index contributed by atoms with van der Waals surface area (Å²) in [5, 5.41) is 0.345. The smallest absolute Gasteiger partial charge is 0.231 e. The lowest BCUT2D eigenvalue weighted by Crippen LogP contribution is -2.08. The van der Waals surface area contributed by atoms with E-state index in [1.54, 1.807) is 0 Å². The average Bonchev–Trinajstić information content (AvgIpc) is 2.10. The molecule has 0 aromatic carbocycles. The first-order valence-electron chi connectivity index (χ1n) is 2.60. The largest absolute Gasteiger partial charge is 0.259 e. The van der Waals surface area contributed by atoms with Gasteiger partial charge in [-0.2, -0.15) is 0 Å². The van der Waals surface area contributed by atoms with Crippen LogP contribution in [0.2, 0.25) is 0 Å². The highest BCUT2D eigenvalue weighted by Gasteiger charge is 2.04. The predicted molar refractivity (Wildman–Crippen MR) is 47.8 cm³/mol. The third-order valence-corrected chi connectivity index (χ3v) is 2.56. The van der Waals surface area contributed by atoms with Gasteiger partial charge in [0, 0.05) is 0 Å². The predicted octanol–water partition coefficient (Wildman–Crippen LogP) is 0.803. The van der Waals surface area contributed by atoms with Crippen molar-refractivity contribution in [3.63, 3.8) is 0 Å². The Morgan fingerprint density at radius 3 is 2.73 bits per heavy atom. The minimum atomic E-state index is -3.20. The minimum absolute atomic E-state index is 0.345. The number of anilines is 1. The summed E-state index contributed by atoms with van der Waals surface area (Å²) in [6, 6.07) is 0. The Hall–Kier alpha value is -0.270. The van der Waals surface area contributed by atoms with E-state index in [-0.39, 0.29) is 0 Å². The van der Waals surface area contributed by atoms with Crippen LogP contribution in [0.15, 0.2) is 10.4 Å². The normalized spacial score (nSPS) is 11.5. The Balaban J connectivity index is 2.81. The van der Waals surface area contributed by atoms with Gasteiger partial charge in [-0.05, 0) is 0 Å². The van der Waals surface area contributed by atoms with Crippen LogP contribution in [0.25, 0.3) is 0 Å². The molecule has 0 atom stereocenters. The summed E-state index contributed by atoms with van der Waals surface area (Å²) in [7, 11) is -3.20. The van der Waals surface area contributed by atoms with Crippen molar-refractivity contribution in [1.29, 1.82) is 0 Å². The van der Waals surface area contributed by atoms with E-state index >= 15 is 0 Å². The zero-order valence-corrected chi connectivity index (χ0v) is 8.13. The third kappa shape index (κ3) is 3.08. The summed E-state index contributed by atoms with van der Waals surface area (Å²) in [6.45, 7) is 0. The molecule has 0 aliphatic heterocycles. The van der Waals surface area contributed by atoms with E-state index in [0.717, 1.165) is 6.26 Å². The van der Waals surface area contributed by atoms with E-state index in [4.69, 9.17) is 0 Å². The van der Waals surface area contributed by atoms with Gasteiger partial charge < -0.3 is 0 Å². The van der Waals surface area contributed by atoms with E-state index in [2.05, 4.69) is 22.3 Å². The van der Waals surface area contributed by atoms with Crippen LogP contribution in [0, 0.1) is 0 Å². The molecule has 0 aliphatic rings. The first kappa shape index (κ1) is 8.82. The molecule has 4 nitrogen and oxygen atoms in total. The van der Waals surface area contributed by atoms with Crippen molar-refractivity contribution < 1.29 is 8.42 Å². The molecule has 1 aromatic rings. The van der Waals surface area contributed by atoms with Gasteiger partial charge in [-0.3, -0.25) is 4.72 Å².